The number of ether oxygens (including phenoxy) is 3. The minimum Gasteiger partial charge on any atom is -0.382 e. The number of hydrogen-bond donors (Lipinski definition) is 0. The zero-order valence-corrected chi connectivity index (χ0v) is 17.0. The summed E-state index contributed by atoms with van der Waals surface area (Å²) in [5.41, 5.74) is -0.143. The number of allylic oxidation sites excluding steroid dienone is 2. The van der Waals surface area contributed by atoms with E-state index in [2.05, 4.69) is 9.97 Å². The van der Waals surface area contributed by atoms with Gasteiger partial charge in [-0.3, -0.25) is 4.18 Å². The Morgan fingerprint density at radius 2 is 1.96 bits per heavy atom. The van der Waals surface area contributed by atoms with E-state index in [-0.39, 0.29) is 19.6 Å². The molecule has 1 unspecified atom stereocenters. The molecule has 1 aliphatic carbocycles. The number of alkyl halides is 1. The van der Waals surface area contributed by atoms with Crippen molar-refractivity contribution in [2.45, 2.75) is 31.5 Å². The predicted octanol–water partition coefficient (Wildman–Crippen LogP) is 1.91. The van der Waals surface area contributed by atoms with Gasteiger partial charge in [-0.15, -0.1) is 0 Å². The highest BCUT2D eigenvalue weighted by molar-refractivity contribution is 7.85. The highest BCUT2D eigenvalue weighted by Crippen LogP contribution is 2.34. The first kappa shape index (κ1) is 22.8. The van der Waals surface area contributed by atoms with Gasteiger partial charge >= 0.3 is 0 Å². The molecular weight excluding hydrogens is 391 g/mol. The van der Waals surface area contributed by atoms with E-state index in [0.717, 1.165) is 11.8 Å². The van der Waals surface area contributed by atoms with Crippen molar-refractivity contribution in [2.24, 2.45) is 0 Å². The molecule has 0 radical (unpaired) electrons. The molecule has 0 bridgehead atoms. The van der Waals surface area contributed by atoms with Crippen LogP contribution in [0.2, 0.25) is 0 Å². The van der Waals surface area contributed by atoms with Gasteiger partial charge in [0.1, 0.15) is 12.3 Å². The van der Waals surface area contributed by atoms with Crippen LogP contribution in [0.25, 0.3) is 5.57 Å². The first-order valence-electron chi connectivity index (χ1n) is 9.00. The second kappa shape index (κ2) is 10.9. The molecule has 0 saturated carbocycles. The highest BCUT2D eigenvalue weighted by Gasteiger charge is 2.32. The largest absolute Gasteiger partial charge is 0.382 e. The molecular formula is C18H27FN2O6S. The van der Waals surface area contributed by atoms with E-state index >= 15 is 0 Å². The van der Waals surface area contributed by atoms with Crippen molar-refractivity contribution >= 4 is 15.7 Å². The summed E-state index contributed by atoms with van der Waals surface area (Å²) >= 11 is 0. The Morgan fingerprint density at radius 1 is 1.21 bits per heavy atom. The molecule has 0 spiro atoms. The lowest BCUT2D eigenvalue weighted by Gasteiger charge is -2.28. The van der Waals surface area contributed by atoms with Gasteiger partial charge in [0.15, 0.2) is 5.82 Å². The molecule has 0 N–H and O–H groups in total. The molecule has 1 atom stereocenters. The van der Waals surface area contributed by atoms with Crippen LogP contribution < -0.4 is 0 Å². The van der Waals surface area contributed by atoms with E-state index in [0.29, 0.717) is 50.8 Å². The van der Waals surface area contributed by atoms with Gasteiger partial charge in [-0.2, -0.15) is 8.42 Å². The fraction of sp³-hybridized carbons (Fsp3) is 0.667. The van der Waals surface area contributed by atoms with Crippen molar-refractivity contribution in [1.29, 1.82) is 0 Å². The Labute approximate surface area is 165 Å². The zero-order chi connectivity index (χ0) is 20.5. The third kappa shape index (κ3) is 8.27. The lowest BCUT2D eigenvalue weighted by atomic mass is 9.87. The molecule has 10 heteroatoms. The van der Waals surface area contributed by atoms with Crippen molar-refractivity contribution < 1.29 is 31.2 Å². The summed E-state index contributed by atoms with van der Waals surface area (Å²) in [6.07, 6.45) is 5.28. The van der Waals surface area contributed by atoms with Crippen molar-refractivity contribution in [3.8, 4) is 0 Å². The Bertz CT molecular complexity index is 758. The summed E-state index contributed by atoms with van der Waals surface area (Å²) in [4.78, 5) is 8.51. The molecule has 0 saturated heterocycles. The van der Waals surface area contributed by atoms with Gasteiger partial charge in [-0.1, -0.05) is 6.08 Å². The molecule has 8 nitrogen and oxygen atoms in total. The van der Waals surface area contributed by atoms with Crippen LogP contribution in [0.5, 0.6) is 0 Å². The van der Waals surface area contributed by atoms with Gasteiger partial charge in [0.05, 0.1) is 45.0 Å². The highest BCUT2D eigenvalue weighted by atomic mass is 32.2. The minimum atomic E-state index is -3.55. The average molecular weight is 418 g/mol. The summed E-state index contributed by atoms with van der Waals surface area (Å²) in [5, 5.41) is 0. The first-order chi connectivity index (χ1) is 13.3. The summed E-state index contributed by atoms with van der Waals surface area (Å²) in [5.74, 6) is 0.462. The lowest BCUT2D eigenvalue weighted by Crippen LogP contribution is -2.32. The van der Waals surface area contributed by atoms with Gasteiger partial charge < -0.3 is 14.2 Å². The number of nitrogens with zero attached hydrogens (tertiary/aromatic N) is 2. The van der Waals surface area contributed by atoms with E-state index < -0.39 is 15.8 Å². The normalized spacial score (nSPS) is 20.2. The van der Waals surface area contributed by atoms with Crippen molar-refractivity contribution in [1.82, 2.24) is 9.97 Å². The molecule has 2 rings (SSSR count). The maximum atomic E-state index is 14.9. The molecule has 0 aromatic carbocycles. The summed E-state index contributed by atoms with van der Waals surface area (Å²) in [6.45, 7) is 1.59. The minimum absolute atomic E-state index is 0.00745. The number of halogens is 1. The fourth-order valence-electron chi connectivity index (χ4n) is 2.62. The molecule has 0 amide bonds. The number of hydrogen-bond acceptors (Lipinski definition) is 8. The zero-order valence-electron chi connectivity index (χ0n) is 16.2. The number of aromatic nitrogens is 2. The summed E-state index contributed by atoms with van der Waals surface area (Å²) in [7, 11) is -1.95. The van der Waals surface area contributed by atoms with Crippen LogP contribution in [0.15, 0.2) is 18.3 Å². The van der Waals surface area contributed by atoms with Crippen molar-refractivity contribution in [3.05, 3.63) is 29.9 Å². The fourth-order valence-corrected chi connectivity index (χ4v) is 2.95. The summed E-state index contributed by atoms with van der Waals surface area (Å²) in [6, 6.07) is 1.58. The van der Waals surface area contributed by atoms with Crippen molar-refractivity contribution in [3.63, 3.8) is 0 Å². The van der Waals surface area contributed by atoms with Crippen LogP contribution in [-0.4, -0.2) is 70.5 Å². The maximum absolute atomic E-state index is 14.9. The molecule has 1 aromatic rings. The molecule has 1 aromatic heterocycles. The molecule has 28 heavy (non-hydrogen) atoms. The number of rotatable bonds is 12. The van der Waals surface area contributed by atoms with Gasteiger partial charge in [-0.05, 0) is 24.5 Å². The third-order valence-electron chi connectivity index (χ3n) is 4.14. The Kier molecular flexibility index (Phi) is 8.90. The predicted molar refractivity (Wildman–Crippen MR) is 101 cm³/mol. The van der Waals surface area contributed by atoms with Gasteiger partial charge in [0, 0.05) is 19.7 Å². The summed E-state index contributed by atoms with van der Waals surface area (Å²) < 4.78 is 57.3. The second-order valence-electron chi connectivity index (χ2n) is 6.58. The smallest absolute Gasteiger partial charge is 0.264 e. The van der Waals surface area contributed by atoms with Crippen LogP contribution in [-0.2, 0) is 35.1 Å². The van der Waals surface area contributed by atoms with E-state index in [1.807, 2.05) is 0 Å². The molecule has 1 aliphatic rings. The van der Waals surface area contributed by atoms with Crippen LogP contribution >= 0.6 is 0 Å². The van der Waals surface area contributed by atoms with Crippen LogP contribution in [0, 0.1) is 0 Å². The second-order valence-corrected chi connectivity index (χ2v) is 8.22. The third-order valence-corrected chi connectivity index (χ3v) is 4.69. The Hall–Kier alpha value is -1.46. The van der Waals surface area contributed by atoms with Gasteiger partial charge in [0.2, 0.25) is 0 Å². The van der Waals surface area contributed by atoms with Gasteiger partial charge in [-0.25, -0.2) is 14.4 Å². The SMILES string of the molecule is COCCOCCOCC1(F)CC=C(c2nccc(COS(C)(=O)=O)n2)CC1. The Morgan fingerprint density at radius 3 is 2.64 bits per heavy atom. The Balaban J connectivity index is 1.82. The molecule has 1 heterocycles. The van der Waals surface area contributed by atoms with Crippen LogP contribution in [0.1, 0.15) is 30.8 Å². The van der Waals surface area contributed by atoms with E-state index in [4.69, 9.17) is 18.4 Å². The van der Waals surface area contributed by atoms with Crippen molar-refractivity contribution in [2.75, 3.05) is 46.4 Å². The van der Waals surface area contributed by atoms with Crippen LogP contribution in [0.4, 0.5) is 4.39 Å². The molecule has 158 valence electrons. The standard InChI is InChI=1S/C18H27FN2O6S/c1-24-9-10-25-11-12-26-14-18(19)6-3-15(4-7-18)17-20-8-5-16(21-17)13-27-28(2,22)23/h3,5,8H,4,6-7,9-14H2,1-2H3. The average Bonchev–Trinajstić information content (AvgIpc) is 2.66. The lowest BCUT2D eigenvalue weighted by molar-refractivity contribution is -0.0213. The molecule has 0 aliphatic heterocycles. The van der Waals surface area contributed by atoms with E-state index in [1.54, 1.807) is 19.3 Å². The number of methoxy groups -OCH3 is 1. The maximum Gasteiger partial charge on any atom is 0.264 e. The quantitative estimate of drug-likeness (QED) is 0.375. The topological polar surface area (TPSA) is 96.8 Å². The van der Waals surface area contributed by atoms with Gasteiger partial charge in [0.25, 0.3) is 10.1 Å². The van der Waals surface area contributed by atoms with E-state index in [9.17, 15) is 12.8 Å². The molecule has 0 fully saturated rings. The van der Waals surface area contributed by atoms with Crippen LogP contribution in [0.3, 0.4) is 0 Å². The first-order valence-corrected chi connectivity index (χ1v) is 10.8. The monoisotopic (exact) mass is 418 g/mol. The van der Waals surface area contributed by atoms with E-state index in [1.165, 1.54) is 6.20 Å².